The normalized spacial score (nSPS) is 11.0. The number of carbonyl (C=O) groups excluding carboxylic acids is 1. The number of halogens is 1. The van der Waals surface area contributed by atoms with E-state index in [2.05, 4.69) is 22.5 Å². The van der Waals surface area contributed by atoms with Gasteiger partial charge in [0.05, 0.1) is 0 Å². The van der Waals surface area contributed by atoms with Crippen molar-refractivity contribution in [3.05, 3.63) is 95.0 Å². The molecule has 4 aromatic carbocycles. The van der Waals surface area contributed by atoms with Crippen molar-refractivity contribution in [3.8, 4) is 11.5 Å². The van der Waals surface area contributed by atoms with Crippen LogP contribution in [-0.4, -0.2) is 16.0 Å². The van der Waals surface area contributed by atoms with Crippen LogP contribution in [0.5, 0.6) is 0 Å². The Bertz CT molecular complexity index is 1560. The second kappa shape index (κ2) is 9.25. The summed E-state index contributed by atoms with van der Waals surface area (Å²) in [5, 5.41) is 8.17. The Kier molecular flexibility index (Phi) is 6.01. The van der Waals surface area contributed by atoms with E-state index in [1.807, 2.05) is 60.7 Å². The van der Waals surface area contributed by atoms with Gasteiger partial charge in [0.2, 0.25) is 5.89 Å². The van der Waals surface area contributed by atoms with Gasteiger partial charge in [0.25, 0.3) is 5.91 Å². The molecule has 34 heavy (non-hydrogen) atoms. The van der Waals surface area contributed by atoms with Gasteiger partial charge in [-0.15, -0.1) is 0 Å². The summed E-state index contributed by atoms with van der Waals surface area (Å²) in [4.78, 5) is 17.5. The van der Waals surface area contributed by atoms with E-state index in [4.69, 9.17) is 28.2 Å². The van der Waals surface area contributed by atoms with E-state index in [1.54, 1.807) is 18.2 Å². The number of anilines is 1. The van der Waals surface area contributed by atoms with E-state index in [9.17, 15) is 4.79 Å². The minimum Gasteiger partial charge on any atom is -0.436 e. The lowest BCUT2D eigenvalue weighted by Gasteiger charge is -2.12. The molecule has 168 valence electrons. The molecule has 7 heteroatoms. The molecule has 5 aromatic rings. The molecule has 0 aliphatic rings. The molecule has 5 rings (SSSR count). The molecule has 0 radical (unpaired) electrons. The van der Waals surface area contributed by atoms with Crippen LogP contribution in [0.2, 0.25) is 5.02 Å². The molecule has 5 nitrogen and oxygen atoms in total. The van der Waals surface area contributed by atoms with E-state index < -0.39 is 0 Å². The number of oxazole rings is 1. The lowest BCUT2D eigenvalue weighted by Crippen LogP contribution is -2.34. The first-order chi connectivity index (χ1) is 16.5. The smallest absolute Gasteiger partial charge is 0.258 e. The van der Waals surface area contributed by atoms with Crippen LogP contribution < -0.4 is 10.6 Å². The van der Waals surface area contributed by atoms with Crippen LogP contribution in [0.15, 0.2) is 83.3 Å². The van der Waals surface area contributed by atoms with Gasteiger partial charge >= 0.3 is 0 Å². The number of carbonyl (C=O) groups is 1. The summed E-state index contributed by atoms with van der Waals surface area (Å²) in [7, 11) is 0. The highest BCUT2D eigenvalue weighted by atomic mass is 35.5. The van der Waals surface area contributed by atoms with Crippen LogP contribution in [0.25, 0.3) is 33.3 Å². The lowest BCUT2D eigenvalue weighted by molar-refractivity contribution is 0.0979. The quantitative estimate of drug-likeness (QED) is 0.268. The SMILES string of the molecule is CCc1ccc2oc(-c3cccc(NC(=S)NC(=O)c4cccc5c(Cl)cccc45)c3)nc2c1. The van der Waals surface area contributed by atoms with E-state index >= 15 is 0 Å². The Balaban J connectivity index is 1.34. The largest absolute Gasteiger partial charge is 0.436 e. The Morgan fingerprint density at radius 3 is 2.65 bits per heavy atom. The van der Waals surface area contributed by atoms with Gasteiger partial charge in [0, 0.05) is 27.2 Å². The van der Waals surface area contributed by atoms with Crippen molar-refractivity contribution < 1.29 is 9.21 Å². The molecule has 1 heterocycles. The molecule has 0 fully saturated rings. The first kappa shape index (κ1) is 22.1. The van der Waals surface area contributed by atoms with E-state index in [-0.39, 0.29) is 11.0 Å². The molecule has 0 saturated heterocycles. The number of fused-ring (bicyclic) bond motifs is 2. The van der Waals surface area contributed by atoms with Gasteiger partial charge in [-0.2, -0.15) is 0 Å². The fourth-order valence-electron chi connectivity index (χ4n) is 3.85. The van der Waals surface area contributed by atoms with E-state index in [1.165, 1.54) is 5.56 Å². The van der Waals surface area contributed by atoms with Gasteiger partial charge < -0.3 is 9.73 Å². The van der Waals surface area contributed by atoms with Crippen LogP contribution in [-0.2, 0) is 6.42 Å². The third-order valence-electron chi connectivity index (χ3n) is 5.57. The monoisotopic (exact) mass is 485 g/mol. The topological polar surface area (TPSA) is 67.2 Å². The third kappa shape index (κ3) is 4.38. The number of nitrogens with one attached hydrogen (secondary N) is 2. The summed E-state index contributed by atoms with van der Waals surface area (Å²) < 4.78 is 5.93. The highest BCUT2D eigenvalue weighted by molar-refractivity contribution is 7.80. The van der Waals surface area contributed by atoms with Crippen molar-refractivity contribution >= 4 is 62.4 Å². The number of hydrogen-bond donors (Lipinski definition) is 2. The number of nitrogens with zero attached hydrogens (tertiary/aromatic N) is 1. The number of aromatic nitrogens is 1. The van der Waals surface area contributed by atoms with Gasteiger partial charge in [-0.1, -0.05) is 54.9 Å². The van der Waals surface area contributed by atoms with Crippen LogP contribution in [0.1, 0.15) is 22.8 Å². The zero-order chi connectivity index (χ0) is 23.7. The van der Waals surface area contributed by atoms with Crippen LogP contribution in [0, 0.1) is 0 Å². The van der Waals surface area contributed by atoms with Gasteiger partial charge in [0.1, 0.15) is 5.52 Å². The maximum atomic E-state index is 12.9. The Morgan fingerprint density at radius 2 is 1.79 bits per heavy atom. The average molecular weight is 486 g/mol. The van der Waals surface area contributed by atoms with Gasteiger partial charge in [0.15, 0.2) is 10.7 Å². The molecule has 0 unspecified atom stereocenters. The van der Waals surface area contributed by atoms with Gasteiger partial charge in [-0.25, -0.2) is 4.98 Å². The maximum absolute atomic E-state index is 12.9. The molecule has 0 atom stereocenters. The summed E-state index contributed by atoms with van der Waals surface area (Å²) in [6.45, 7) is 2.11. The van der Waals surface area contributed by atoms with Crippen molar-refractivity contribution in [3.63, 3.8) is 0 Å². The summed E-state index contributed by atoms with van der Waals surface area (Å²) in [6.07, 6.45) is 0.937. The number of amides is 1. The highest BCUT2D eigenvalue weighted by Gasteiger charge is 2.14. The second-order valence-corrected chi connectivity index (χ2v) is 8.62. The fraction of sp³-hybridized carbons (Fsp3) is 0.0741. The Hall–Kier alpha value is -3.74. The van der Waals surface area contributed by atoms with Crippen molar-refractivity contribution in [2.75, 3.05) is 5.32 Å². The van der Waals surface area contributed by atoms with E-state index in [0.717, 1.165) is 33.9 Å². The second-order valence-electron chi connectivity index (χ2n) is 7.80. The fourth-order valence-corrected chi connectivity index (χ4v) is 4.30. The Morgan fingerprint density at radius 1 is 1.00 bits per heavy atom. The first-order valence-corrected chi connectivity index (χ1v) is 11.6. The summed E-state index contributed by atoms with van der Waals surface area (Å²) >= 11 is 11.7. The standard InChI is InChI=1S/C27H20ClN3O2S/c1-2-16-12-13-24-23(14-16)30-26(33-24)17-6-3-7-18(15-17)29-27(34)31-25(32)21-10-4-9-20-19(21)8-5-11-22(20)28/h3-15H,2H2,1H3,(H2,29,31,32,34). The predicted octanol–water partition coefficient (Wildman–Crippen LogP) is 6.99. The molecule has 0 saturated carbocycles. The van der Waals surface area contributed by atoms with Gasteiger partial charge in [-0.3, -0.25) is 10.1 Å². The number of benzene rings is 4. The third-order valence-corrected chi connectivity index (χ3v) is 6.10. The molecule has 1 amide bonds. The molecule has 2 N–H and O–H groups in total. The highest BCUT2D eigenvalue weighted by Crippen LogP contribution is 2.28. The first-order valence-electron chi connectivity index (χ1n) is 10.8. The van der Waals surface area contributed by atoms with Gasteiger partial charge in [-0.05, 0) is 72.1 Å². The molecule has 1 aromatic heterocycles. The van der Waals surface area contributed by atoms with Crippen molar-refractivity contribution in [1.82, 2.24) is 10.3 Å². The Labute approximate surface area is 206 Å². The maximum Gasteiger partial charge on any atom is 0.258 e. The lowest BCUT2D eigenvalue weighted by atomic mass is 10.0. The minimum absolute atomic E-state index is 0.186. The molecule has 0 spiro atoms. The van der Waals surface area contributed by atoms with Crippen LogP contribution in [0.3, 0.4) is 0 Å². The number of thiocarbonyl (C=S) groups is 1. The predicted molar refractivity (Wildman–Crippen MR) is 141 cm³/mol. The molecular weight excluding hydrogens is 466 g/mol. The zero-order valence-electron chi connectivity index (χ0n) is 18.3. The van der Waals surface area contributed by atoms with E-state index in [0.29, 0.717) is 22.2 Å². The summed E-state index contributed by atoms with van der Waals surface area (Å²) in [5.74, 6) is 0.210. The van der Waals surface area contributed by atoms with Crippen molar-refractivity contribution in [2.45, 2.75) is 13.3 Å². The number of hydrogen-bond acceptors (Lipinski definition) is 4. The zero-order valence-corrected chi connectivity index (χ0v) is 19.8. The minimum atomic E-state index is -0.313. The molecule has 0 bridgehead atoms. The van der Waals surface area contributed by atoms with Crippen LogP contribution in [0.4, 0.5) is 5.69 Å². The number of rotatable bonds is 4. The van der Waals surface area contributed by atoms with Crippen LogP contribution >= 0.6 is 23.8 Å². The molecule has 0 aliphatic carbocycles. The van der Waals surface area contributed by atoms with Crippen molar-refractivity contribution in [1.29, 1.82) is 0 Å². The summed E-state index contributed by atoms with van der Waals surface area (Å²) in [5.41, 5.74) is 4.78. The number of aryl methyl sites for hydroxylation is 1. The molecule has 0 aliphatic heterocycles. The molecular formula is C27H20ClN3O2S. The van der Waals surface area contributed by atoms with Crippen molar-refractivity contribution in [2.24, 2.45) is 0 Å². The summed E-state index contributed by atoms with van der Waals surface area (Å²) in [6, 6.07) is 24.4. The average Bonchev–Trinajstić information content (AvgIpc) is 3.27.